The van der Waals surface area contributed by atoms with Gasteiger partial charge in [-0.15, -0.1) is 0 Å². The van der Waals surface area contributed by atoms with E-state index in [0.29, 0.717) is 0 Å². The molecule has 0 aliphatic carbocycles. The second-order valence-corrected chi connectivity index (χ2v) is 1.63. The van der Waals surface area contributed by atoms with Gasteiger partial charge in [-0.1, -0.05) is 24.3 Å². The average Bonchev–Trinajstić information content (AvgIpc) is 1.90. The molecule has 0 aromatic heterocycles. The molecular formula is C6H4BF2. The Labute approximate surface area is 52.7 Å². The van der Waals surface area contributed by atoms with Crippen LogP contribution in [0.15, 0.2) is 24.3 Å². The molecule has 0 saturated heterocycles. The first-order chi connectivity index (χ1) is 4.30. The molecule has 3 heteroatoms. The van der Waals surface area contributed by atoms with Gasteiger partial charge in [-0.25, -0.2) is 0 Å². The Kier molecular flexibility index (Phi) is 1.83. The van der Waals surface area contributed by atoms with Gasteiger partial charge in [-0.2, -0.15) is 0 Å². The van der Waals surface area contributed by atoms with Crippen molar-refractivity contribution in [3.05, 3.63) is 30.3 Å². The Morgan fingerprint density at radius 1 is 1.22 bits per heavy atom. The molecule has 0 fully saturated rings. The van der Waals surface area contributed by atoms with Crippen molar-refractivity contribution in [2.45, 2.75) is 0 Å². The smallest absolute Gasteiger partial charge is 0.281 e. The lowest BCUT2D eigenvalue weighted by Crippen LogP contribution is -2.19. The minimum Gasteiger partial charge on any atom is -0.281 e. The summed E-state index contributed by atoms with van der Waals surface area (Å²) in [5.74, 6) is 0. The predicted octanol–water partition coefficient (Wildman–Crippen LogP) is 1.12. The highest BCUT2D eigenvalue weighted by atomic mass is 19.2. The van der Waals surface area contributed by atoms with Crippen molar-refractivity contribution < 1.29 is 8.63 Å². The van der Waals surface area contributed by atoms with Gasteiger partial charge >= 0.3 is 7.27 Å². The van der Waals surface area contributed by atoms with Crippen molar-refractivity contribution in [2.75, 3.05) is 0 Å². The normalized spacial score (nSPS) is 9.11. The van der Waals surface area contributed by atoms with Crippen LogP contribution in [-0.2, 0) is 0 Å². The summed E-state index contributed by atoms with van der Waals surface area (Å²) in [7, 11) is -2.36. The molecule has 1 aromatic rings. The zero-order chi connectivity index (χ0) is 6.69. The fourth-order valence-electron chi connectivity index (χ4n) is 0.545. The number of hydrogen-bond donors (Lipinski definition) is 0. The Bertz CT molecular complexity index is 174. The quantitative estimate of drug-likeness (QED) is 0.493. The predicted molar refractivity (Wildman–Crippen MR) is 32.9 cm³/mol. The fraction of sp³-hybridized carbons (Fsp3) is 0. The fourth-order valence-corrected chi connectivity index (χ4v) is 0.545. The minimum atomic E-state index is -2.36. The van der Waals surface area contributed by atoms with Gasteiger partial charge in [-0.05, 0) is 11.5 Å². The third kappa shape index (κ3) is 1.52. The van der Waals surface area contributed by atoms with Gasteiger partial charge in [0, 0.05) is 0 Å². The third-order valence-electron chi connectivity index (χ3n) is 0.996. The Balaban J connectivity index is 2.85. The molecule has 9 heavy (non-hydrogen) atoms. The summed E-state index contributed by atoms with van der Waals surface area (Å²) in [5.41, 5.74) is 0.0498. The van der Waals surface area contributed by atoms with Gasteiger partial charge in [-0.3, -0.25) is 8.63 Å². The number of benzene rings is 1. The van der Waals surface area contributed by atoms with Crippen LogP contribution in [0.4, 0.5) is 8.63 Å². The lowest BCUT2D eigenvalue weighted by molar-refractivity contribution is 0.685. The van der Waals surface area contributed by atoms with Gasteiger partial charge in [0.1, 0.15) is 0 Å². The third-order valence-corrected chi connectivity index (χ3v) is 0.996. The van der Waals surface area contributed by atoms with Crippen LogP contribution in [0.5, 0.6) is 0 Å². The molecule has 0 saturated carbocycles. The molecule has 0 aliphatic heterocycles. The van der Waals surface area contributed by atoms with Crippen LogP contribution >= 0.6 is 0 Å². The second-order valence-electron chi connectivity index (χ2n) is 1.63. The van der Waals surface area contributed by atoms with Crippen LogP contribution in [0.3, 0.4) is 0 Å². The Hall–Kier alpha value is -0.855. The molecule has 0 heterocycles. The number of rotatable bonds is 1. The van der Waals surface area contributed by atoms with Gasteiger partial charge in [0.25, 0.3) is 0 Å². The molecule has 0 N–H and O–H groups in total. The zero-order valence-electron chi connectivity index (χ0n) is 4.64. The van der Waals surface area contributed by atoms with E-state index in [2.05, 4.69) is 6.07 Å². The standard InChI is InChI=1S/C6H4BF2/c8-7(9)6-4-2-1-3-5-6/h2-5H. The molecule has 0 aliphatic rings. The maximum atomic E-state index is 11.8. The first kappa shape index (κ1) is 6.27. The van der Waals surface area contributed by atoms with Crippen molar-refractivity contribution in [3.8, 4) is 0 Å². The monoisotopic (exact) mass is 125 g/mol. The maximum absolute atomic E-state index is 11.8. The van der Waals surface area contributed by atoms with Gasteiger partial charge in [0.2, 0.25) is 0 Å². The second kappa shape index (κ2) is 2.62. The van der Waals surface area contributed by atoms with E-state index in [9.17, 15) is 8.63 Å². The largest absolute Gasteiger partial charge is 0.571 e. The molecule has 1 radical (unpaired) electrons. The summed E-state index contributed by atoms with van der Waals surface area (Å²) in [5, 5.41) is 0. The van der Waals surface area contributed by atoms with Crippen LogP contribution in [0.2, 0.25) is 0 Å². The van der Waals surface area contributed by atoms with Crippen LogP contribution in [0, 0.1) is 6.07 Å². The Morgan fingerprint density at radius 3 is 2.11 bits per heavy atom. The molecule has 45 valence electrons. The average molecular weight is 125 g/mol. The van der Waals surface area contributed by atoms with Crippen molar-refractivity contribution in [2.24, 2.45) is 0 Å². The molecule has 1 rings (SSSR count). The zero-order valence-corrected chi connectivity index (χ0v) is 4.64. The van der Waals surface area contributed by atoms with Gasteiger partial charge < -0.3 is 0 Å². The van der Waals surface area contributed by atoms with Crippen molar-refractivity contribution in [3.63, 3.8) is 0 Å². The molecule has 0 spiro atoms. The summed E-state index contributed by atoms with van der Waals surface area (Å²) in [6.07, 6.45) is 0. The number of halogens is 2. The molecular weight excluding hydrogens is 121 g/mol. The summed E-state index contributed by atoms with van der Waals surface area (Å²) in [4.78, 5) is 0. The molecule has 0 nitrogen and oxygen atoms in total. The van der Waals surface area contributed by atoms with E-state index >= 15 is 0 Å². The van der Waals surface area contributed by atoms with Crippen molar-refractivity contribution >= 4 is 12.7 Å². The summed E-state index contributed by atoms with van der Waals surface area (Å²) in [6.45, 7) is 0. The summed E-state index contributed by atoms with van der Waals surface area (Å²) >= 11 is 0. The summed E-state index contributed by atoms with van der Waals surface area (Å²) in [6, 6.07) is 8.31. The van der Waals surface area contributed by atoms with E-state index in [0.717, 1.165) is 0 Å². The first-order valence-electron chi connectivity index (χ1n) is 2.55. The topological polar surface area (TPSA) is 0 Å². The van der Waals surface area contributed by atoms with Crippen LogP contribution in [-0.4, -0.2) is 7.27 Å². The maximum Gasteiger partial charge on any atom is 0.571 e. The highest BCUT2D eigenvalue weighted by Crippen LogP contribution is 1.88. The molecule has 0 bridgehead atoms. The summed E-state index contributed by atoms with van der Waals surface area (Å²) < 4.78 is 23.5. The molecule has 0 atom stereocenters. The SMILES string of the molecule is FB(F)c1cc[c]cc1. The highest BCUT2D eigenvalue weighted by molar-refractivity contribution is 6.59. The molecule has 1 aromatic carbocycles. The lowest BCUT2D eigenvalue weighted by atomic mass is 9.86. The van der Waals surface area contributed by atoms with E-state index in [1.807, 2.05) is 0 Å². The van der Waals surface area contributed by atoms with Crippen LogP contribution in [0.1, 0.15) is 0 Å². The van der Waals surface area contributed by atoms with E-state index < -0.39 is 7.27 Å². The lowest BCUT2D eigenvalue weighted by Gasteiger charge is -1.89. The first-order valence-corrected chi connectivity index (χ1v) is 2.55. The van der Waals surface area contributed by atoms with E-state index in [1.54, 1.807) is 0 Å². The van der Waals surface area contributed by atoms with E-state index in [1.165, 1.54) is 24.3 Å². The van der Waals surface area contributed by atoms with Crippen molar-refractivity contribution in [1.29, 1.82) is 0 Å². The molecule has 0 amide bonds. The molecule has 0 unspecified atom stereocenters. The minimum absolute atomic E-state index is 0.0498. The van der Waals surface area contributed by atoms with Crippen molar-refractivity contribution in [1.82, 2.24) is 0 Å². The van der Waals surface area contributed by atoms with Crippen LogP contribution in [0.25, 0.3) is 0 Å². The Morgan fingerprint density at radius 2 is 1.78 bits per heavy atom. The van der Waals surface area contributed by atoms with E-state index in [-0.39, 0.29) is 5.46 Å². The van der Waals surface area contributed by atoms with Gasteiger partial charge in [0.15, 0.2) is 0 Å². The van der Waals surface area contributed by atoms with E-state index in [4.69, 9.17) is 0 Å². The van der Waals surface area contributed by atoms with Crippen LogP contribution < -0.4 is 5.46 Å². The highest BCUT2D eigenvalue weighted by Gasteiger charge is 2.13. The van der Waals surface area contributed by atoms with Gasteiger partial charge in [0.05, 0.1) is 0 Å². The number of hydrogen-bond acceptors (Lipinski definition) is 0.